The number of nitrogens with zero attached hydrogens (tertiary/aromatic N) is 2. The molecular weight excluding hydrogens is 333 g/mol. The zero-order chi connectivity index (χ0) is 17.3. The molecule has 1 rings (SSSR count). The molecule has 0 unspecified atom stereocenters. The van der Waals surface area contributed by atoms with Crippen LogP contribution in [0.1, 0.15) is 30.5 Å². The topological polar surface area (TPSA) is 75.6 Å². The standard InChI is InChI=1S/C13H19F3N4O2S/c1-3-22-11(21)5-4-6-18-12(17-2)19-7-10-20-9(8-23-10)13(14,15)16/h8H,3-7H2,1-2H3,(H2,17,18,19). The SMILES string of the molecule is CCOC(=O)CCCNC(=NC)NCc1nc(C(F)(F)F)cs1. The van der Waals surface area contributed by atoms with Crippen molar-refractivity contribution in [1.29, 1.82) is 0 Å². The molecular formula is C13H19F3N4O2S. The maximum Gasteiger partial charge on any atom is 0.434 e. The maximum absolute atomic E-state index is 12.4. The summed E-state index contributed by atoms with van der Waals surface area (Å²) in [4.78, 5) is 18.6. The van der Waals surface area contributed by atoms with Crippen LogP contribution in [-0.4, -0.2) is 37.1 Å². The lowest BCUT2D eigenvalue weighted by Gasteiger charge is -2.10. The minimum atomic E-state index is -4.43. The lowest BCUT2D eigenvalue weighted by molar-refractivity contribution is -0.143. The molecule has 0 fully saturated rings. The Kier molecular flexibility index (Phi) is 7.79. The Morgan fingerprint density at radius 2 is 2.17 bits per heavy atom. The lowest BCUT2D eigenvalue weighted by atomic mass is 10.3. The number of nitrogens with one attached hydrogen (secondary N) is 2. The number of thiazole rings is 1. The van der Waals surface area contributed by atoms with Crippen LogP contribution >= 0.6 is 11.3 Å². The van der Waals surface area contributed by atoms with Gasteiger partial charge in [-0.2, -0.15) is 13.2 Å². The predicted octanol–water partition coefficient (Wildman–Crippen LogP) is 2.17. The third kappa shape index (κ3) is 7.31. The fourth-order valence-electron chi connectivity index (χ4n) is 1.57. The minimum Gasteiger partial charge on any atom is -0.466 e. The highest BCUT2D eigenvalue weighted by atomic mass is 32.1. The third-order valence-corrected chi connectivity index (χ3v) is 3.48. The Morgan fingerprint density at radius 1 is 1.43 bits per heavy atom. The van der Waals surface area contributed by atoms with Crippen LogP contribution in [0.15, 0.2) is 10.4 Å². The summed E-state index contributed by atoms with van der Waals surface area (Å²) in [5.74, 6) is 0.164. The van der Waals surface area contributed by atoms with Gasteiger partial charge in [0.1, 0.15) is 5.01 Å². The minimum absolute atomic E-state index is 0.137. The van der Waals surface area contributed by atoms with Gasteiger partial charge in [-0.05, 0) is 13.3 Å². The number of halogens is 3. The zero-order valence-corrected chi connectivity index (χ0v) is 13.7. The molecule has 0 bridgehead atoms. The van der Waals surface area contributed by atoms with E-state index in [1.807, 2.05) is 0 Å². The summed E-state index contributed by atoms with van der Waals surface area (Å²) in [6.07, 6.45) is -3.57. The van der Waals surface area contributed by atoms with Crippen molar-refractivity contribution in [2.24, 2.45) is 4.99 Å². The number of aliphatic imine (C=N–C) groups is 1. The quantitative estimate of drug-likeness (QED) is 0.340. The van der Waals surface area contributed by atoms with Crippen LogP contribution in [0.25, 0.3) is 0 Å². The molecule has 1 aromatic rings. The van der Waals surface area contributed by atoms with E-state index >= 15 is 0 Å². The Balaban J connectivity index is 2.32. The number of rotatable bonds is 7. The molecule has 0 aromatic carbocycles. The predicted molar refractivity (Wildman–Crippen MR) is 81.2 cm³/mol. The highest BCUT2D eigenvalue weighted by Gasteiger charge is 2.33. The number of aromatic nitrogens is 1. The summed E-state index contributed by atoms with van der Waals surface area (Å²) >= 11 is 0.929. The summed E-state index contributed by atoms with van der Waals surface area (Å²) < 4.78 is 42.1. The van der Waals surface area contributed by atoms with Gasteiger partial charge in [0.15, 0.2) is 11.7 Å². The largest absolute Gasteiger partial charge is 0.466 e. The first-order valence-corrected chi connectivity index (χ1v) is 7.86. The van der Waals surface area contributed by atoms with Crippen molar-refractivity contribution in [2.45, 2.75) is 32.5 Å². The first-order valence-electron chi connectivity index (χ1n) is 6.98. The van der Waals surface area contributed by atoms with Crippen molar-refractivity contribution < 1.29 is 22.7 Å². The molecule has 0 saturated heterocycles. The van der Waals surface area contributed by atoms with Crippen LogP contribution in [0.4, 0.5) is 13.2 Å². The normalized spacial score (nSPS) is 12.1. The molecule has 0 atom stereocenters. The van der Waals surface area contributed by atoms with Gasteiger partial charge in [0, 0.05) is 25.4 Å². The Hall–Kier alpha value is -1.84. The smallest absolute Gasteiger partial charge is 0.434 e. The molecule has 1 heterocycles. The number of esters is 1. The van der Waals surface area contributed by atoms with Crippen LogP contribution in [-0.2, 0) is 22.3 Å². The molecule has 0 aliphatic heterocycles. The van der Waals surface area contributed by atoms with E-state index < -0.39 is 11.9 Å². The number of hydrogen-bond donors (Lipinski definition) is 2. The van der Waals surface area contributed by atoms with Crippen molar-refractivity contribution in [3.8, 4) is 0 Å². The van der Waals surface area contributed by atoms with Gasteiger partial charge in [-0.25, -0.2) is 4.98 Å². The van der Waals surface area contributed by atoms with Gasteiger partial charge in [0.2, 0.25) is 0 Å². The molecule has 0 spiro atoms. The Labute approximate surface area is 136 Å². The summed E-state index contributed by atoms with van der Waals surface area (Å²) in [5.41, 5.74) is -0.892. The van der Waals surface area contributed by atoms with Gasteiger partial charge < -0.3 is 15.4 Å². The third-order valence-electron chi connectivity index (χ3n) is 2.63. The van der Waals surface area contributed by atoms with Crippen molar-refractivity contribution in [3.05, 3.63) is 16.1 Å². The van der Waals surface area contributed by atoms with E-state index in [1.165, 1.54) is 0 Å². The highest BCUT2D eigenvalue weighted by Crippen LogP contribution is 2.29. The van der Waals surface area contributed by atoms with E-state index in [0.717, 1.165) is 16.7 Å². The fraction of sp³-hybridized carbons (Fsp3) is 0.615. The molecule has 10 heteroatoms. The molecule has 1 aromatic heterocycles. The summed E-state index contributed by atoms with van der Waals surface area (Å²) in [6, 6.07) is 0. The second-order valence-corrected chi connectivity index (χ2v) is 5.33. The molecule has 130 valence electrons. The number of carbonyl (C=O) groups is 1. The van der Waals surface area contributed by atoms with Crippen LogP contribution in [0, 0.1) is 0 Å². The maximum atomic E-state index is 12.4. The second kappa shape index (κ2) is 9.33. The van der Waals surface area contributed by atoms with Gasteiger partial charge >= 0.3 is 12.1 Å². The van der Waals surface area contributed by atoms with Gasteiger partial charge in [-0.1, -0.05) is 0 Å². The Bertz CT molecular complexity index is 532. The first kappa shape index (κ1) is 19.2. The first-order chi connectivity index (χ1) is 10.9. The van der Waals surface area contributed by atoms with E-state index in [4.69, 9.17) is 4.74 Å². The average Bonchev–Trinajstić information content (AvgIpc) is 2.96. The number of alkyl halides is 3. The van der Waals surface area contributed by atoms with E-state index in [2.05, 4.69) is 20.6 Å². The van der Waals surface area contributed by atoms with Crippen LogP contribution in [0.2, 0.25) is 0 Å². The molecule has 6 nitrogen and oxygen atoms in total. The van der Waals surface area contributed by atoms with Crippen molar-refractivity contribution >= 4 is 23.3 Å². The average molecular weight is 352 g/mol. The van der Waals surface area contributed by atoms with Crippen molar-refractivity contribution in [1.82, 2.24) is 15.6 Å². The number of ether oxygens (including phenoxy) is 1. The van der Waals surface area contributed by atoms with E-state index in [0.29, 0.717) is 37.0 Å². The van der Waals surface area contributed by atoms with Gasteiger partial charge in [-0.15, -0.1) is 11.3 Å². The Morgan fingerprint density at radius 3 is 2.74 bits per heavy atom. The van der Waals surface area contributed by atoms with E-state index in [1.54, 1.807) is 14.0 Å². The summed E-state index contributed by atoms with van der Waals surface area (Å²) in [7, 11) is 1.55. The summed E-state index contributed by atoms with van der Waals surface area (Å²) in [5, 5.41) is 7.12. The molecule has 2 N–H and O–H groups in total. The number of carbonyl (C=O) groups excluding carboxylic acids is 1. The van der Waals surface area contributed by atoms with Gasteiger partial charge in [0.25, 0.3) is 0 Å². The van der Waals surface area contributed by atoms with E-state index in [9.17, 15) is 18.0 Å². The second-order valence-electron chi connectivity index (χ2n) is 4.39. The zero-order valence-electron chi connectivity index (χ0n) is 12.9. The summed E-state index contributed by atoms with van der Waals surface area (Å²) in [6.45, 7) is 2.72. The van der Waals surface area contributed by atoms with Crippen LogP contribution in [0.3, 0.4) is 0 Å². The van der Waals surface area contributed by atoms with Gasteiger partial charge in [-0.3, -0.25) is 9.79 Å². The van der Waals surface area contributed by atoms with Crippen LogP contribution in [0.5, 0.6) is 0 Å². The monoisotopic (exact) mass is 352 g/mol. The highest BCUT2D eigenvalue weighted by molar-refractivity contribution is 7.09. The molecule has 0 radical (unpaired) electrons. The molecule has 0 aliphatic carbocycles. The van der Waals surface area contributed by atoms with E-state index in [-0.39, 0.29) is 12.5 Å². The fourth-order valence-corrected chi connectivity index (χ4v) is 2.32. The molecule has 0 aliphatic rings. The number of guanidine groups is 1. The van der Waals surface area contributed by atoms with Crippen molar-refractivity contribution in [2.75, 3.05) is 20.2 Å². The van der Waals surface area contributed by atoms with Gasteiger partial charge in [0.05, 0.1) is 13.2 Å². The lowest BCUT2D eigenvalue weighted by Crippen LogP contribution is -2.37. The van der Waals surface area contributed by atoms with Crippen molar-refractivity contribution in [3.63, 3.8) is 0 Å². The van der Waals surface area contributed by atoms with Crippen LogP contribution < -0.4 is 10.6 Å². The molecule has 23 heavy (non-hydrogen) atoms. The number of hydrogen-bond acceptors (Lipinski definition) is 5. The molecule has 0 amide bonds. The molecule has 0 saturated carbocycles.